The van der Waals surface area contributed by atoms with E-state index >= 15 is 0 Å². The summed E-state index contributed by atoms with van der Waals surface area (Å²) in [5, 5.41) is 11.2. The van der Waals surface area contributed by atoms with Crippen molar-refractivity contribution in [2.45, 2.75) is 20.4 Å². The van der Waals surface area contributed by atoms with Crippen LogP contribution in [0.5, 0.6) is 0 Å². The average molecular weight is 419 g/mol. The first-order chi connectivity index (χ1) is 14.9. The molecule has 3 heterocycles. The number of hydrogen-bond donors (Lipinski definition) is 1. The zero-order valence-corrected chi connectivity index (χ0v) is 16.8. The van der Waals surface area contributed by atoms with E-state index in [1.807, 2.05) is 19.9 Å². The van der Waals surface area contributed by atoms with Crippen LogP contribution >= 0.6 is 0 Å². The topological polar surface area (TPSA) is 108 Å². The Morgan fingerprint density at radius 2 is 1.81 bits per heavy atom. The normalized spacial score (nSPS) is 10.8. The molecule has 9 nitrogen and oxygen atoms in total. The molecule has 1 N–H and O–H groups in total. The number of carbonyl (C=O) groups is 1. The molecular weight excluding hydrogens is 401 g/mol. The van der Waals surface area contributed by atoms with Gasteiger partial charge >= 0.3 is 0 Å². The summed E-state index contributed by atoms with van der Waals surface area (Å²) in [6, 6.07) is 12.0. The van der Waals surface area contributed by atoms with E-state index in [-0.39, 0.29) is 18.2 Å². The molecule has 31 heavy (non-hydrogen) atoms. The summed E-state index contributed by atoms with van der Waals surface area (Å²) < 4.78 is 15.8. The third kappa shape index (κ3) is 4.53. The van der Waals surface area contributed by atoms with Crippen molar-refractivity contribution in [3.8, 4) is 17.1 Å². The van der Waals surface area contributed by atoms with Crippen molar-refractivity contribution in [2.24, 2.45) is 0 Å². The van der Waals surface area contributed by atoms with Crippen LogP contribution in [0.3, 0.4) is 0 Å². The van der Waals surface area contributed by atoms with Gasteiger partial charge in [0.2, 0.25) is 5.91 Å². The summed E-state index contributed by atoms with van der Waals surface area (Å²) in [6.07, 6.45) is 1.32. The second kappa shape index (κ2) is 8.27. The quantitative estimate of drug-likeness (QED) is 0.532. The van der Waals surface area contributed by atoms with Crippen LogP contribution in [0.1, 0.15) is 11.4 Å². The summed E-state index contributed by atoms with van der Waals surface area (Å²) in [5.41, 5.74) is 2.36. The van der Waals surface area contributed by atoms with Crippen LogP contribution in [0.15, 0.2) is 59.7 Å². The van der Waals surface area contributed by atoms with Crippen LogP contribution < -0.4 is 10.9 Å². The van der Waals surface area contributed by atoms with Gasteiger partial charge in [-0.05, 0) is 50.2 Å². The molecule has 0 radical (unpaired) electrons. The number of nitrogens with zero attached hydrogens (tertiary/aromatic N) is 6. The number of benzene rings is 1. The highest BCUT2D eigenvalue weighted by Gasteiger charge is 2.11. The molecule has 0 bridgehead atoms. The molecule has 1 amide bonds. The predicted octanol–water partition coefficient (Wildman–Crippen LogP) is 2.28. The molecule has 0 spiro atoms. The highest BCUT2D eigenvalue weighted by atomic mass is 19.1. The number of anilines is 1. The van der Waals surface area contributed by atoms with E-state index in [2.05, 4.69) is 25.5 Å². The van der Waals surface area contributed by atoms with E-state index in [4.69, 9.17) is 0 Å². The Morgan fingerprint density at radius 1 is 1.03 bits per heavy atom. The van der Waals surface area contributed by atoms with Gasteiger partial charge in [0.15, 0.2) is 5.82 Å². The van der Waals surface area contributed by atoms with Gasteiger partial charge in [-0.3, -0.25) is 9.59 Å². The van der Waals surface area contributed by atoms with Gasteiger partial charge in [0.1, 0.15) is 24.5 Å². The Labute approximate surface area is 176 Å². The minimum Gasteiger partial charge on any atom is -0.309 e. The fourth-order valence-corrected chi connectivity index (χ4v) is 3.05. The van der Waals surface area contributed by atoms with Gasteiger partial charge in [-0.25, -0.2) is 23.7 Å². The molecule has 0 saturated carbocycles. The minimum atomic E-state index is -0.483. The van der Waals surface area contributed by atoms with Crippen LogP contribution in [0.25, 0.3) is 17.1 Å². The maximum atomic E-state index is 13.1. The number of carbonyl (C=O) groups excluding carboxylic acids is 1. The molecule has 156 valence electrons. The van der Waals surface area contributed by atoms with Crippen LogP contribution in [-0.2, 0) is 11.3 Å². The van der Waals surface area contributed by atoms with Crippen molar-refractivity contribution in [3.63, 3.8) is 0 Å². The predicted molar refractivity (Wildman–Crippen MR) is 111 cm³/mol. The number of halogens is 1. The second-order valence-electron chi connectivity index (χ2n) is 6.87. The Hall–Kier alpha value is -4.21. The first kappa shape index (κ1) is 20.1. The number of aryl methyl sites for hydroxylation is 2. The lowest BCUT2D eigenvalue weighted by molar-refractivity contribution is -0.117. The smallest absolute Gasteiger partial charge is 0.267 e. The fourth-order valence-electron chi connectivity index (χ4n) is 3.05. The highest BCUT2D eigenvalue weighted by molar-refractivity contribution is 5.89. The van der Waals surface area contributed by atoms with E-state index in [0.29, 0.717) is 17.1 Å². The number of nitrogens with one attached hydrogen (secondary N) is 1. The average Bonchev–Trinajstić information content (AvgIpc) is 3.08. The maximum Gasteiger partial charge on any atom is 0.267 e. The lowest BCUT2D eigenvalue weighted by Crippen LogP contribution is -2.29. The van der Waals surface area contributed by atoms with Crippen LogP contribution in [-0.4, -0.2) is 35.4 Å². The zero-order valence-electron chi connectivity index (χ0n) is 16.8. The summed E-state index contributed by atoms with van der Waals surface area (Å²) >= 11 is 0. The maximum absolute atomic E-state index is 13.1. The molecule has 0 saturated heterocycles. The number of hydrogen-bond acceptors (Lipinski definition) is 6. The SMILES string of the molecule is Cc1cc(C)n(-c2cc(NC(=O)Cn3nc(-c4ccc(F)cc4)ccc3=O)ncn2)n1. The van der Waals surface area contributed by atoms with Crippen molar-refractivity contribution < 1.29 is 9.18 Å². The van der Waals surface area contributed by atoms with Crippen molar-refractivity contribution in [1.29, 1.82) is 0 Å². The first-order valence-corrected chi connectivity index (χ1v) is 9.39. The largest absolute Gasteiger partial charge is 0.309 e. The van der Waals surface area contributed by atoms with Crippen molar-refractivity contribution in [1.82, 2.24) is 29.5 Å². The number of aromatic nitrogens is 6. The molecule has 0 aliphatic carbocycles. The lowest BCUT2D eigenvalue weighted by atomic mass is 10.1. The van der Waals surface area contributed by atoms with Crippen molar-refractivity contribution >= 4 is 11.7 Å². The Morgan fingerprint density at radius 3 is 2.52 bits per heavy atom. The molecule has 0 aliphatic heterocycles. The summed E-state index contributed by atoms with van der Waals surface area (Å²) in [6.45, 7) is 3.46. The molecule has 0 atom stereocenters. The van der Waals surface area contributed by atoms with Gasteiger partial charge in [-0.1, -0.05) is 0 Å². The number of amides is 1. The van der Waals surface area contributed by atoms with Gasteiger partial charge in [0.25, 0.3) is 5.56 Å². The second-order valence-corrected chi connectivity index (χ2v) is 6.87. The molecule has 3 aromatic heterocycles. The molecule has 4 rings (SSSR count). The molecule has 1 aromatic carbocycles. The van der Waals surface area contributed by atoms with E-state index in [1.165, 1.54) is 30.6 Å². The summed E-state index contributed by atoms with van der Waals surface area (Å²) in [4.78, 5) is 32.9. The third-order valence-electron chi connectivity index (χ3n) is 4.45. The Balaban J connectivity index is 1.52. The summed E-state index contributed by atoms with van der Waals surface area (Å²) in [5.74, 6) is -0.0835. The molecule has 10 heteroatoms. The molecule has 0 unspecified atom stereocenters. The van der Waals surface area contributed by atoms with E-state index in [1.54, 1.807) is 22.9 Å². The van der Waals surface area contributed by atoms with Crippen LogP contribution in [0, 0.1) is 19.7 Å². The van der Waals surface area contributed by atoms with Gasteiger partial charge in [-0.2, -0.15) is 10.2 Å². The van der Waals surface area contributed by atoms with E-state index < -0.39 is 11.5 Å². The molecule has 4 aromatic rings. The summed E-state index contributed by atoms with van der Waals surface area (Å²) in [7, 11) is 0. The molecule has 0 fully saturated rings. The van der Waals surface area contributed by atoms with E-state index in [9.17, 15) is 14.0 Å². The highest BCUT2D eigenvalue weighted by Crippen LogP contribution is 2.16. The van der Waals surface area contributed by atoms with Crippen molar-refractivity contribution in [3.05, 3.63) is 82.4 Å². The standard InChI is InChI=1S/C21H18FN7O2/c1-13-9-14(2)29(26-13)19-10-18(23-12-24-19)25-20(30)11-28-21(31)8-7-17(27-28)15-3-5-16(22)6-4-15/h3-10,12H,11H2,1-2H3,(H,23,24,25,30). The third-order valence-corrected chi connectivity index (χ3v) is 4.45. The van der Waals surface area contributed by atoms with Gasteiger partial charge in [0, 0.05) is 23.4 Å². The lowest BCUT2D eigenvalue weighted by Gasteiger charge is -2.09. The fraction of sp³-hybridized carbons (Fsp3) is 0.143. The van der Waals surface area contributed by atoms with Crippen LogP contribution in [0.2, 0.25) is 0 Å². The van der Waals surface area contributed by atoms with E-state index in [0.717, 1.165) is 16.1 Å². The monoisotopic (exact) mass is 419 g/mol. The Bertz CT molecular complexity index is 1310. The van der Waals surface area contributed by atoms with Gasteiger partial charge in [0.05, 0.1) is 11.4 Å². The molecular formula is C21H18FN7O2. The number of rotatable bonds is 5. The van der Waals surface area contributed by atoms with Crippen LogP contribution in [0.4, 0.5) is 10.2 Å². The van der Waals surface area contributed by atoms with Gasteiger partial charge in [-0.15, -0.1) is 0 Å². The molecule has 0 aliphatic rings. The van der Waals surface area contributed by atoms with Crippen molar-refractivity contribution in [2.75, 3.05) is 5.32 Å². The Kier molecular flexibility index (Phi) is 5.35. The van der Waals surface area contributed by atoms with Gasteiger partial charge < -0.3 is 5.32 Å². The zero-order chi connectivity index (χ0) is 22.0. The first-order valence-electron chi connectivity index (χ1n) is 9.39. The minimum absolute atomic E-state index is 0.269.